The van der Waals surface area contributed by atoms with Crippen molar-refractivity contribution in [2.75, 3.05) is 36.4 Å². The van der Waals surface area contributed by atoms with Crippen LogP contribution in [0.15, 0.2) is 70.5 Å². The molecule has 1 N–H and O–H groups in total. The molecule has 3 aromatic rings. The number of aryl methyl sites for hydroxylation is 3. The third-order valence-electron chi connectivity index (χ3n) is 6.43. The highest BCUT2D eigenvalue weighted by Crippen LogP contribution is 2.30. The summed E-state index contributed by atoms with van der Waals surface area (Å²) in [6, 6.07) is 17.3. The maximum absolute atomic E-state index is 13.3. The number of hydrogen-bond donors (Lipinski definition) is 1. The van der Waals surface area contributed by atoms with Gasteiger partial charge in [0, 0.05) is 44.4 Å². The normalized spacial score (nSPS) is 14.0. The number of carbonyl (C=O) groups excluding carboxylic acids is 2. The minimum Gasteiger partial charge on any atom is -0.368 e. The van der Waals surface area contributed by atoms with Crippen molar-refractivity contribution in [3.8, 4) is 0 Å². The molecule has 0 radical (unpaired) electrons. The number of benzene rings is 3. The topological polar surface area (TPSA) is 86.8 Å². The molecule has 1 fully saturated rings. The molecule has 0 aromatic heterocycles. The van der Waals surface area contributed by atoms with Gasteiger partial charge in [-0.2, -0.15) is 0 Å². The van der Waals surface area contributed by atoms with E-state index in [4.69, 9.17) is 0 Å². The number of anilines is 2. The summed E-state index contributed by atoms with van der Waals surface area (Å²) in [7, 11) is -3.89. The number of amides is 2. The van der Waals surface area contributed by atoms with Crippen molar-refractivity contribution in [2.45, 2.75) is 37.5 Å². The van der Waals surface area contributed by atoms with Crippen LogP contribution in [0.3, 0.4) is 0 Å². The highest BCUT2D eigenvalue weighted by Gasteiger charge is 2.26. The van der Waals surface area contributed by atoms with E-state index in [0.717, 1.165) is 5.56 Å². The molecule has 1 aliphatic heterocycles. The average Bonchev–Trinajstić information content (AvgIpc) is 2.85. The molecule has 8 heteroatoms. The number of carbonyl (C=O) groups is 2. The quantitative estimate of drug-likeness (QED) is 0.557. The van der Waals surface area contributed by atoms with Crippen LogP contribution in [0.5, 0.6) is 0 Å². The zero-order valence-electron chi connectivity index (χ0n) is 21.0. The van der Waals surface area contributed by atoms with Gasteiger partial charge in [0.1, 0.15) is 0 Å². The second-order valence-electron chi connectivity index (χ2n) is 9.28. The first-order chi connectivity index (χ1) is 17.1. The van der Waals surface area contributed by atoms with E-state index in [1.54, 1.807) is 17.0 Å². The Labute approximate surface area is 212 Å². The monoisotopic (exact) mass is 505 g/mol. The SMILES string of the molecule is CC(=O)Nc1cc(C(=O)N2CCN(c3cc(C)ccc3C)CC2)ccc1S(=O)(=O)c1ccc(C)cc1. The van der Waals surface area contributed by atoms with Gasteiger partial charge in [0.15, 0.2) is 0 Å². The Kier molecular flexibility index (Phi) is 7.17. The van der Waals surface area contributed by atoms with Gasteiger partial charge >= 0.3 is 0 Å². The van der Waals surface area contributed by atoms with Crippen molar-refractivity contribution in [1.29, 1.82) is 0 Å². The van der Waals surface area contributed by atoms with Crippen LogP contribution in [0.2, 0.25) is 0 Å². The first-order valence-electron chi connectivity index (χ1n) is 11.9. The van der Waals surface area contributed by atoms with Gasteiger partial charge in [-0.25, -0.2) is 8.42 Å². The Bertz CT molecular complexity index is 1410. The summed E-state index contributed by atoms with van der Waals surface area (Å²) in [5.74, 6) is -0.608. The fraction of sp³-hybridized carbons (Fsp3) is 0.286. The van der Waals surface area contributed by atoms with Crippen LogP contribution in [0.1, 0.15) is 34.0 Å². The fourth-order valence-electron chi connectivity index (χ4n) is 4.42. The van der Waals surface area contributed by atoms with Crippen LogP contribution in [0, 0.1) is 20.8 Å². The van der Waals surface area contributed by atoms with E-state index in [2.05, 4.69) is 42.3 Å². The molecular weight excluding hydrogens is 474 g/mol. The highest BCUT2D eigenvalue weighted by atomic mass is 32.2. The van der Waals surface area contributed by atoms with Crippen LogP contribution in [0.4, 0.5) is 11.4 Å². The molecule has 1 aliphatic rings. The molecule has 0 aliphatic carbocycles. The molecule has 7 nitrogen and oxygen atoms in total. The lowest BCUT2D eigenvalue weighted by atomic mass is 10.1. The maximum Gasteiger partial charge on any atom is 0.254 e. The maximum atomic E-state index is 13.3. The van der Waals surface area contributed by atoms with Gasteiger partial charge in [-0.15, -0.1) is 0 Å². The molecule has 0 atom stereocenters. The van der Waals surface area contributed by atoms with Crippen molar-refractivity contribution in [3.63, 3.8) is 0 Å². The van der Waals surface area contributed by atoms with Gasteiger partial charge in [0.05, 0.1) is 15.5 Å². The minimum atomic E-state index is -3.89. The van der Waals surface area contributed by atoms with Gasteiger partial charge < -0.3 is 15.1 Å². The van der Waals surface area contributed by atoms with Crippen LogP contribution in [-0.4, -0.2) is 51.3 Å². The van der Waals surface area contributed by atoms with E-state index in [9.17, 15) is 18.0 Å². The number of nitrogens with one attached hydrogen (secondary N) is 1. The first kappa shape index (κ1) is 25.4. The molecule has 1 saturated heterocycles. The van der Waals surface area contributed by atoms with E-state index in [1.165, 1.54) is 54.1 Å². The molecule has 188 valence electrons. The number of rotatable bonds is 5. The van der Waals surface area contributed by atoms with Gasteiger partial charge in [-0.1, -0.05) is 29.8 Å². The third-order valence-corrected chi connectivity index (χ3v) is 8.26. The Balaban J connectivity index is 1.57. The predicted molar refractivity (Wildman–Crippen MR) is 141 cm³/mol. The van der Waals surface area contributed by atoms with Gasteiger partial charge in [-0.3, -0.25) is 9.59 Å². The first-order valence-corrected chi connectivity index (χ1v) is 13.4. The Morgan fingerprint density at radius 1 is 0.806 bits per heavy atom. The van der Waals surface area contributed by atoms with E-state index >= 15 is 0 Å². The minimum absolute atomic E-state index is 0.0437. The van der Waals surface area contributed by atoms with Crippen molar-refractivity contribution in [2.24, 2.45) is 0 Å². The molecule has 0 unspecified atom stereocenters. The lowest BCUT2D eigenvalue weighted by Gasteiger charge is -2.37. The largest absolute Gasteiger partial charge is 0.368 e. The highest BCUT2D eigenvalue weighted by molar-refractivity contribution is 7.91. The van der Waals surface area contributed by atoms with Crippen LogP contribution in [0.25, 0.3) is 0 Å². The second kappa shape index (κ2) is 10.1. The van der Waals surface area contributed by atoms with Gasteiger partial charge in [0.2, 0.25) is 15.7 Å². The van der Waals surface area contributed by atoms with E-state index < -0.39 is 15.7 Å². The summed E-state index contributed by atoms with van der Waals surface area (Å²) >= 11 is 0. The van der Waals surface area contributed by atoms with Crippen molar-refractivity contribution in [3.05, 3.63) is 82.9 Å². The van der Waals surface area contributed by atoms with Crippen molar-refractivity contribution >= 4 is 33.0 Å². The second-order valence-corrected chi connectivity index (χ2v) is 11.2. The number of nitrogens with zero attached hydrogens (tertiary/aromatic N) is 2. The molecule has 4 rings (SSSR count). The van der Waals surface area contributed by atoms with Gasteiger partial charge in [-0.05, 0) is 68.3 Å². The lowest BCUT2D eigenvalue weighted by Crippen LogP contribution is -2.49. The van der Waals surface area contributed by atoms with Crippen LogP contribution in [-0.2, 0) is 14.6 Å². The van der Waals surface area contributed by atoms with Crippen LogP contribution >= 0.6 is 0 Å². The molecule has 0 saturated carbocycles. The standard InChI is InChI=1S/C28H31N3O4S/c1-19-6-10-24(11-7-19)36(34,35)27-12-9-23(18-25(27)29-22(4)32)28(33)31-15-13-30(14-16-31)26-17-20(2)5-8-21(26)3/h5-12,17-18H,13-16H2,1-4H3,(H,29,32). The number of hydrogen-bond acceptors (Lipinski definition) is 5. The molecule has 2 amide bonds. The molecule has 36 heavy (non-hydrogen) atoms. The average molecular weight is 506 g/mol. The smallest absolute Gasteiger partial charge is 0.254 e. The van der Waals surface area contributed by atoms with Gasteiger partial charge in [0.25, 0.3) is 5.91 Å². The van der Waals surface area contributed by atoms with Crippen LogP contribution < -0.4 is 10.2 Å². The van der Waals surface area contributed by atoms with Crippen molar-refractivity contribution in [1.82, 2.24) is 4.90 Å². The van der Waals surface area contributed by atoms with E-state index in [1.807, 2.05) is 6.92 Å². The van der Waals surface area contributed by atoms with E-state index in [0.29, 0.717) is 31.7 Å². The lowest BCUT2D eigenvalue weighted by molar-refractivity contribution is -0.114. The third kappa shape index (κ3) is 5.28. The Hall–Kier alpha value is -3.65. The zero-order valence-corrected chi connectivity index (χ0v) is 21.9. The molecule has 1 heterocycles. The summed E-state index contributed by atoms with van der Waals surface area (Å²) in [6.45, 7) is 9.84. The van der Waals surface area contributed by atoms with E-state index in [-0.39, 0.29) is 21.4 Å². The number of sulfone groups is 1. The summed E-state index contributed by atoms with van der Waals surface area (Å²) in [6.07, 6.45) is 0. The number of piperazine rings is 1. The summed E-state index contributed by atoms with van der Waals surface area (Å²) in [5, 5.41) is 2.60. The van der Waals surface area contributed by atoms with Crippen molar-refractivity contribution < 1.29 is 18.0 Å². The predicted octanol–water partition coefficient (Wildman–Crippen LogP) is 4.37. The molecule has 0 spiro atoms. The summed E-state index contributed by atoms with van der Waals surface area (Å²) in [4.78, 5) is 29.3. The Morgan fingerprint density at radius 3 is 2.08 bits per heavy atom. The summed E-state index contributed by atoms with van der Waals surface area (Å²) in [5.41, 5.74) is 4.95. The molecule has 0 bridgehead atoms. The summed E-state index contributed by atoms with van der Waals surface area (Å²) < 4.78 is 26.6. The molecular formula is C28H31N3O4S. The fourth-order valence-corrected chi connectivity index (χ4v) is 5.82. The Morgan fingerprint density at radius 2 is 1.44 bits per heavy atom. The molecule has 3 aromatic carbocycles. The zero-order chi connectivity index (χ0) is 26.0.